The van der Waals surface area contributed by atoms with Crippen molar-refractivity contribution in [3.05, 3.63) is 57.3 Å². The van der Waals surface area contributed by atoms with Gasteiger partial charge in [-0.05, 0) is 30.2 Å². The average molecular weight is 314 g/mol. The SMILES string of the molecule is Cc1cc(=O)[nH]c(CCNC(=O)Nc2ccc3c(c2)COC3)n1. The molecule has 0 radical (unpaired) electrons. The number of carbonyl (C=O) groups excluding carboxylic acids is 1. The quantitative estimate of drug-likeness (QED) is 0.796. The number of nitrogens with one attached hydrogen (secondary N) is 3. The van der Waals surface area contributed by atoms with E-state index in [1.165, 1.54) is 6.07 Å². The van der Waals surface area contributed by atoms with Gasteiger partial charge in [-0.1, -0.05) is 6.07 Å². The number of nitrogens with zero attached hydrogens (tertiary/aromatic N) is 1. The summed E-state index contributed by atoms with van der Waals surface area (Å²) in [6.07, 6.45) is 0.461. The maximum atomic E-state index is 11.9. The van der Waals surface area contributed by atoms with Crippen molar-refractivity contribution in [3.63, 3.8) is 0 Å². The summed E-state index contributed by atoms with van der Waals surface area (Å²) in [6.45, 7) is 3.35. The van der Waals surface area contributed by atoms with Crippen LogP contribution in [-0.4, -0.2) is 22.5 Å². The van der Waals surface area contributed by atoms with Crippen LogP contribution in [0.4, 0.5) is 10.5 Å². The maximum absolute atomic E-state index is 11.9. The van der Waals surface area contributed by atoms with Crippen LogP contribution < -0.4 is 16.2 Å². The molecule has 1 aliphatic rings. The van der Waals surface area contributed by atoms with Crippen molar-refractivity contribution in [1.82, 2.24) is 15.3 Å². The van der Waals surface area contributed by atoms with Crippen LogP contribution in [0.3, 0.4) is 0 Å². The third-order valence-electron chi connectivity index (χ3n) is 3.55. The number of anilines is 1. The largest absolute Gasteiger partial charge is 0.372 e. The molecule has 0 fully saturated rings. The minimum absolute atomic E-state index is 0.183. The van der Waals surface area contributed by atoms with Crippen LogP contribution in [0, 0.1) is 6.92 Å². The van der Waals surface area contributed by atoms with Gasteiger partial charge in [0.15, 0.2) is 0 Å². The van der Waals surface area contributed by atoms with E-state index in [4.69, 9.17) is 4.74 Å². The zero-order valence-electron chi connectivity index (χ0n) is 12.8. The third kappa shape index (κ3) is 3.95. The summed E-state index contributed by atoms with van der Waals surface area (Å²) in [7, 11) is 0. The molecule has 3 rings (SSSR count). The minimum atomic E-state index is -0.293. The first-order valence-corrected chi connectivity index (χ1v) is 7.41. The highest BCUT2D eigenvalue weighted by Crippen LogP contribution is 2.22. The molecule has 23 heavy (non-hydrogen) atoms. The van der Waals surface area contributed by atoms with E-state index in [9.17, 15) is 9.59 Å². The van der Waals surface area contributed by atoms with Gasteiger partial charge in [-0.2, -0.15) is 0 Å². The molecule has 2 amide bonds. The molecule has 2 aromatic rings. The number of hydrogen-bond acceptors (Lipinski definition) is 4. The fourth-order valence-electron chi connectivity index (χ4n) is 2.48. The monoisotopic (exact) mass is 314 g/mol. The summed E-state index contributed by atoms with van der Waals surface area (Å²) >= 11 is 0. The lowest BCUT2D eigenvalue weighted by Crippen LogP contribution is -2.31. The zero-order valence-corrected chi connectivity index (χ0v) is 12.8. The lowest BCUT2D eigenvalue weighted by Gasteiger charge is -2.08. The Morgan fingerprint density at radius 2 is 2.13 bits per heavy atom. The number of rotatable bonds is 4. The number of hydrogen-bond donors (Lipinski definition) is 3. The topological polar surface area (TPSA) is 96.1 Å². The number of amides is 2. The molecule has 2 heterocycles. The summed E-state index contributed by atoms with van der Waals surface area (Å²) in [4.78, 5) is 30.1. The molecule has 0 spiro atoms. The van der Waals surface area contributed by atoms with E-state index in [0.29, 0.717) is 37.7 Å². The molecule has 0 bridgehead atoms. The Balaban J connectivity index is 1.50. The number of ether oxygens (including phenoxy) is 1. The van der Waals surface area contributed by atoms with E-state index in [1.54, 1.807) is 6.92 Å². The predicted octanol–water partition coefficient (Wildman–Crippen LogP) is 1.47. The number of H-pyrrole nitrogens is 1. The number of carbonyl (C=O) groups is 1. The molecule has 0 unspecified atom stereocenters. The van der Waals surface area contributed by atoms with Crippen LogP contribution in [0.15, 0.2) is 29.1 Å². The smallest absolute Gasteiger partial charge is 0.319 e. The fraction of sp³-hybridized carbons (Fsp3) is 0.312. The maximum Gasteiger partial charge on any atom is 0.319 e. The molecule has 120 valence electrons. The van der Waals surface area contributed by atoms with Crippen molar-refractivity contribution in [1.29, 1.82) is 0 Å². The van der Waals surface area contributed by atoms with Crippen molar-refractivity contribution in [3.8, 4) is 0 Å². The van der Waals surface area contributed by atoms with Crippen molar-refractivity contribution in [2.75, 3.05) is 11.9 Å². The highest BCUT2D eigenvalue weighted by molar-refractivity contribution is 5.89. The Hall–Kier alpha value is -2.67. The van der Waals surface area contributed by atoms with E-state index >= 15 is 0 Å². The van der Waals surface area contributed by atoms with Gasteiger partial charge >= 0.3 is 6.03 Å². The molecule has 1 aliphatic heterocycles. The van der Waals surface area contributed by atoms with Crippen molar-refractivity contribution in [2.45, 2.75) is 26.6 Å². The van der Waals surface area contributed by atoms with Gasteiger partial charge in [0, 0.05) is 30.4 Å². The second-order valence-corrected chi connectivity index (χ2v) is 5.44. The lowest BCUT2D eigenvalue weighted by molar-refractivity contribution is 0.134. The summed E-state index contributed by atoms with van der Waals surface area (Å²) in [5.41, 5.74) is 3.47. The normalized spacial score (nSPS) is 12.7. The van der Waals surface area contributed by atoms with Gasteiger partial charge in [0.05, 0.1) is 13.2 Å². The third-order valence-corrected chi connectivity index (χ3v) is 3.55. The van der Waals surface area contributed by atoms with Crippen molar-refractivity contribution < 1.29 is 9.53 Å². The second kappa shape index (κ2) is 6.62. The molecular formula is C16H18N4O3. The van der Waals surface area contributed by atoms with Crippen LogP contribution >= 0.6 is 0 Å². The van der Waals surface area contributed by atoms with Gasteiger partial charge in [0.1, 0.15) is 5.82 Å². The Kier molecular flexibility index (Phi) is 4.38. The molecule has 1 aromatic carbocycles. The molecule has 7 heteroatoms. The van der Waals surface area contributed by atoms with E-state index in [0.717, 1.165) is 16.8 Å². The zero-order chi connectivity index (χ0) is 16.2. The first kappa shape index (κ1) is 15.2. The van der Waals surface area contributed by atoms with Gasteiger partial charge < -0.3 is 20.4 Å². The van der Waals surface area contributed by atoms with E-state index < -0.39 is 0 Å². The minimum Gasteiger partial charge on any atom is -0.372 e. The fourth-order valence-corrected chi connectivity index (χ4v) is 2.48. The van der Waals surface area contributed by atoms with Crippen LogP contribution in [0.1, 0.15) is 22.6 Å². The molecule has 0 aliphatic carbocycles. The number of aryl methyl sites for hydroxylation is 1. The standard InChI is InChI=1S/C16H18N4O3/c1-10-6-15(21)20-14(18-10)4-5-17-16(22)19-13-3-2-11-8-23-9-12(11)7-13/h2-3,6-7H,4-5,8-9H2,1H3,(H2,17,19,22)(H,18,20,21). The molecule has 3 N–H and O–H groups in total. The Bertz CT molecular complexity index is 785. The molecule has 0 atom stereocenters. The van der Waals surface area contributed by atoms with Crippen LogP contribution in [0.2, 0.25) is 0 Å². The van der Waals surface area contributed by atoms with Gasteiger partial charge in [0.25, 0.3) is 5.56 Å². The number of urea groups is 1. The highest BCUT2D eigenvalue weighted by atomic mass is 16.5. The summed E-state index contributed by atoms with van der Waals surface area (Å²) in [6, 6.07) is 6.87. The predicted molar refractivity (Wildman–Crippen MR) is 85.3 cm³/mol. The van der Waals surface area contributed by atoms with E-state index in [-0.39, 0.29) is 11.6 Å². The van der Waals surface area contributed by atoms with Gasteiger partial charge in [-0.3, -0.25) is 4.79 Å². The van der Waals surface area contributed by atoms with Gasteiger partial charge in [-0.15, -0.1) is 0 Å². The van der Waals surface area contributed by atoms with Gasteiger partial charge in [-0.25, -0.2) is 9.78 Å². The highest BCUT2D eigenvalue weighted by Gasteiger charge is 2.12. The summed E-state index contributed by atoms with van der Waals surface area (Å²) in [5.74, 6) is 0.560. The Labute approximate surface area is 133 Å². The average Bonchev–Trinajstić information content (AvgIpc) is 2.93. The molecular weight excluding hydrogens is 296 g/mol. The molecule has 1 aromatic heterocycles. The second-order valence-electron chi connectivity index (χ2n) is 5.44. The summed E-state index contributed by atoms with van der Waals surface area (Å²) < 4.78 is 5.34. The first-order valence-electron chi connectivity index (χ1n) is 7.41. The Morgan fingerprint density at radius 1 is 1.30 bits per heavy atom. The summed E-state index contributed by atoms with van der Waals surface area (Å²) in [5, 5.41) is 5.53. The van der Waals surface area contributed by atoms with E-state index in [2.05, 4.69) is 20.6 Å². The number of aromatic amines is 1. The van der Waals surface area contributed by atoms with Crippen molar-refractivity contribution in [2.24, 2.45) is 0 Å². The van der Waals surface area contributed by atoms with Crippen LogP contribution in [-0.2, 0) is 24.4 Å². The van der Waals surface area contributed by atoms with Crippen molar-refractivity contribution >= 4 is 11.7 Å². The molecule has 0 saturated heterocycles. The number of fused-ring (bicyclic) bond motifs is 1. The van der Waals surface area contributed by atoms with Gasteiger partial charge in [0.2, 0.25) is 0 Å². The Morgan fingerprint density at radius 3 is 2.96 bits per heavy atom. The first-order chi connectivity index (χ1) is 11.1. The molecule has 0 saturated carbocycles. The number of benzene rings is 1. The lowest BCUT2D eigenvalue weighted by atomic mass is 10.1. The van der Waals surface area contributed by atoms with Crippen LogP contribution in [0.5, 0.6) is 0 Å². The molecule has 7 nitrogen and oxygen atoms in total. The number of aromatic nitrogens is 2. The van der Waals surface area contributed by atoms with Crippen LogP contribution in [0.25, 0.3) is 0 Å². The van der Waals surface area contributed by atoms with E-state index in [1.807, 2.05) is 18.2 Å².